The Balaban J connectivity index is 1.73. The van der Waals surface area contributed by atoms with E-state index in [4.69, 9.17) is 16.3 Å². The van der Waals surface area contributed by atoms with Gasteiger partial charge in [0, 0.05) is 24.2 Å². The van der Waals surface area contributed by atoms with Crippen LogP contribution in [0.4, 0.5) is 11.4 Å². The van der Waals surface area contributed by atoms with E-state index >= 15 is 0 Å². The third-order valence-electron chi connectivity index (χ3n) is 4.23. The van der Waals surface area contributed by atoms with Gasteiger partial charge in [0.05, 0.1) is 15.5 Å². The van der Waals surface area contributed by atoms with Crippen LogP contribution in [0.5, 0.6) is 0 Å². The molecular formula is C19H19ClN2O5S. The van der Waals surface area contributed by atoms with Gasteiger partial charge in [0.15, 0.2) is 9.84 Å². The number of halogens is 1. The lowest BCUT2D eigenvalue weighted by Gasteiger charge is -2.12. The van der Waals surface area contributed by atoms with Crippen LogP contribution in [-0.2, 0) is 19.4 Å². The van der Waals surface area contributed by atoms with Gasteiger partial charge in [-0.25, -0.2) is 8.42 Å². The van der Waals surface area contributed by atoms with E-state index in [0.29, 0.717) is 24.4 Å². The highest BCUT2D eigenvalue weighted by molar-refractivity contribution is 7.90. The first-order chi connectivity index (χ1) is 13.3. The molecule has 1 aliphatic heterocycles. The van der Waals surface area contributed by atoms with Crippen LogP contribution in [0.2, 0.25) is 5.02 Å². The Bertz CT molecular complexity index is 999. The zero-order valence-corrected chi connectivity index (χ0v) is 16.6. The van der Waals surface area contributed by atoms with E-state index in [1.54, 1.807) is 24.3 Å². The van der Waals surface area contributed by atoms with Crippen LogP contribution in [0.1, 0.15) is 23.2 Å². The van der Waals surface area contributed by atoms with Crippen molar-refractivity contribution in [2.24, 2.45) is 0 Å². The zero-order valence-electron chi connectivity index (χ0n) is 15.1. The zero-order chi connectivity index (χ0) is 20.3. The Morgan fingerprint density at radius 1 is 1.07 bits per heavy atom. The molecule has 1 atom stereocenters. The highest BCUT2D eigenvalue weighted by Gasteiger charge is 2.24. The Morgan fingerprint density at radius 3 is 2.29 bits per heavy atom. The van der Waals surface area contributed by atoms with E-state index < -0.39 is 21.8 Å². The molecule has 2 amide bonds. The van der Waals surface area contributed by atoms with Gasteiger partial charge in [-0.2, -0.15) is 0 Å². The van der Waals surface area contributed by atoms with Crippen molar-refractivity contribution in [3.8, 4) is 0 Å². The number of amides is 2. The summed E-state index contributed by atoms with van der Waals surface area (Å²) in [5.74, 6) is -0.842. The normalized spacial score (nSPS) is 16.6. The molecule has 1 heterocycles. The van der Waals surface area contributed by atoms with Crippen LogP contribution in [0, 0.1) is 0 Å². The Kier molecular flexibility index (Phi) is 6.02. The summed E-state index contributed by atoms with van der Waals surface area (Å²) < 4.78 is 29.2. The Morgan fingerprint density at radius 2 is 1.71 bits per heavy atom. The number of carbonyl (C=O) groups is 2. The second kappa shape index (κ2) is 8.30. The lowest BCUT2D eigenvalue weighted by molar-refractivity contribution is -0.124. The summed E-state index contributed by atoms with van der Waals surface area (Å²) in [5, 5.41) is 5.42. The number of anilines is 2. The van der Waals surface area contributed by atoms with E-state index in [0.717, 1.165) is 12.7 Å². The van der Waals surface area contributed by atoms with E-state index in [1.807, 2.05) is 0 Å². The van der Waals surface area contributed by atoms with E-state index in [9.17, 15) is 18.0 Å². The molecule has 7 nitrogen and oxygen atoms in total. The van der Waals surface area contributed by atoms with Crippen LogP contribution in [-0.4, -0.2) is 39.2 Å². The fourth-order valence-corrected chi connectivity index (χ4v) is 4.09. The molecule has 9 heteroatoms. The van der Waals surface area contributed by atoms with Gasteiger partial charge in [-0.15, -0.1) is 0 Å². The summed E-state index contributed by atoms with van der Waals surface area (Å²) in [7, 11) is -3.63. The maximum absolute atomic E-state index is 12.6. The third-order valence-corrected chi connectivity index (χ3v) is 5.69. The van der Waals surface area contributed by atoms with Crippen molar-refractivity contribution in [1.82, 2.24) is 0 Å². The van der Waals surface area contributed by atoms with E-state index in [-0.39, 0.29) is 21.4 Å². The molecule has 1 unspecified atom stereocenters. The summed E-state index contributed by atoms with van der Waals surface area (Å²) in [4.78, 5) is 24.5. The average molecular weight is 423 g/mol. The van der Waals surface area contributed by atoms with Crippen LogP contribution >= 0.6 is 11.6 Å². The summed E-state index contributed by atoms with van der Waals surface area (Å²) >= 11 is 6.06. The number of sulfone groups is 1. The molecule has 0 radical (unpaired) electrons. The van der Waals surface area contributed by atoms with Crippen molar-refractivity contribution < 1.29 is 22.7 Å². The molecule has 0 saturated carbocycles. The molecule has 0 aromatic heterocycles. The Labute approximate surface area is 168 Å². The first-order valence-electron chi connectivity index (χ1n) is 8.58. The molecule has 148 valence electrons. The molecule has 1 aliphatic rings. The molecule has 0 spiro atoms. The molecule has 2 aromatic rings. The summed E-state index contributed by atoms with van der Waals surface area (Å²) in [6.07, 6.45) is 2.14. The summed E-state index contributed by atoms with van der Waals surface area (Å²) in [6, 6.07) is 10.7. The maximum Gasteiger partial charge on any atom is 0.258 e. The minimum absolute atomic E-state index is 0.0425. The van der Waals surface area contributed by atoms with Gasteiger partial charge in [0.25, 0.3) is 11.8 Å². The molecule has 2 aromatic carbocycles. The fraction of sp³-hybridized carbons (Fsp3) is 0.263. The van der Waals surface area contributed by atoms with Gasteiger partial charge >= 0.3 is 0 Å². The second-order valence-corrected chi connectivity index (χ2v) is 8.80. The minimum Gasteiger partial charge on any atom is -0.368 e. The molecule has 1 saturated heterocycles. The number of carbonyl (C=O) groups excluding carboxylic acids is 2. The van der Waals surface area contributed by atoms with Gasteiger partial charge in [-0.3, -0.25) is 9.59 Å². The van der Waals surface area contributed by atoms with Crippen LogP contribution in [0.25, 0.3) is 0 Å². The Hall–Kier alpha value is -2.42. The van der Waals surface area contributed by atoms with Crippen LogP contribution < -0.4 is 10.6 Å². The largest absolute Gasteiger partial charge is 0.368 e. The van der Waals surface area contributed by atoms with E-state index in [2.05, 4.69) is 10.6 Å². The van der Waals surface area contributed by atoms with Crippen LogP contribution in [0.3, 0.4) is 0 Å². The summed E-state index contributed by atoms with van der Waals surface area (Å²) in [6.45, 7) is 0.584. The highest BCUT2D eigenvalue weighted by atomic mass is 35.5. The number of benzene rings is 2. The lowest BCUT2D eigenvalue weighted by Crippen LogP contribution is -2.26. The molecule has 3 rings (SSSR count). The average Bonchev–Trinajstić information content (AvgIpc) is 3.17. The smallest absolute Gasteiger partial charge is 0.258 e. The first kappa shape index (κ1) is 20.3. The molecule has 28 heavy (non-hydrogen) atoms. The lowest BCUT2D eigenvalue weighted by atomic mass is 10.2. The number of rotatable bonds is 5. The van der Waals surface area contributed by atoms with Crippen molar-refractivity contribution >= 4 is 44.6 Å². The first-order valence-corrected chi connectivity index (χ1v) is 10.8. The summed E-state index contributed by atoms with van der Waals surface area (Å²) in [5.41, 5.74) is 0.884. The van der Waals surface area contributed by atoms with Gasteiger partial charge in [0.2, 0.25) is 0 Å². The number of nitrogens with one attached hydrogen (secondary N) is 2. The van der Waals surface area contributed by atoms with E-state index in [1.165, 1.54) is 18.2 Å². The topological polar surface area (TPSA) is 102 Å². The van der Waals surface area contributed by atoms with Crippen LogP contribution in [0.15, 0.2) is 47.4 Å². The number of hydrogen-bond donors (Lipinski definition) is 2. The SMILES string of the molecule is CS(=O)(=O)c1cccc(Cl)c1C(=O)Nc1ccc(NC(=O)C2CCCO2)cc1. The molecule has 0 aliphatic carbocycles. The van der Waals surface area contributed by atoms with Gasteiger partial charge in [0.1, 0.15) is 6.10 Å². The second-order valence-electron chi connectivity index (χ2n) is 6.41. The fourth-order valence-electron chi connectivity index (χ4n) is 2.87. The van der Waals surface area contributed by atoms with Gasteiger partial charge in [-0.05, 0) is 49.2 Å². The molecular weight excluding hydrogens is 404 g/mol. The van der Waals surface area contributed by atoms with Crippen molar-refractivity contribution in [3.63, 3.8) is 0 Å². The number of hydrogen-bond acceptors (Lipinski definition) is 5. The molecule has 1 fully saturated rings. The van der Waals surface area contributed by atoms with Crippen molar-refractivity contribution in [2.75, 3.05) is 23.5 Å². The highest BCUT2D eigenvalue weighted by Crippen LogP contribution is 2.25. The van der Waals surface area contributed by atoms with Crippen molar-refractivity contribution in [1.29, 1.82) is 0 Å². The number of ether oxygens (including phenoxy) is 1. The third kappa shape index (κ3) is 4.70. The van der Waals surface area contributed by atoms with Gasteiger partial charge in [-0.1, -0.05) is 17.7 Å². The molecule has 2 N–H and O–H groups in total. The van der Waals surface area contributed by atoms with Crippen molar-refractivity contribution in [3.05, 3.63) is 53.1 Å². The van der Waals surface area contributed by atoms with Crippen molar-refractivity contribution in [2.45, 2.75) is 23.8 Å². The quantitative estimate of drug-likeness (QED) is 0.770. The molecule has 0 bridgehead atoms. The minimum atomic E-state index is -3.63. The van der Waals surface area contributed by atoms with Gasteiger partial charge < -0.3 is 15.4 Å². The maximum atomic E-state index is 12.6. The monoisotopic (exact) mass is 422 g/mol. The standard InChI is InChI=1S/C19H19ClN2O5S/c1-28(25,26)16-6-2-4-14(20)17(16)19(24)22-13-9-7-12(8-10-13)21-18(23)15-5-3-11-27-15/h2,4,6-10,15H,3,5,11H2,1H3,(H,21,23)(H,22,24). The predicted octanol–water partition coefficient (Wildman–Crippen LogP) is 3.11. The predicted molar refractivity (Wildman–Crippen MR) is 107 cm³/mol.